The van der Waals surface area contributed by atoms with Gasteiger partial charge in [0, 0.05) is 0 Å². The Hall–Kier alpha value is -1.29. The van der Waals surface area contributed by atoms with Crippen molar-refractivity contribution in [1.29, 1.82) is 5.26 Å². The summed E-state index contributed by atoms with van der Waals surface area (Å²) in [4.78, 5) is 0. The van der Waals surface area contributed by atoms with E-state index < -0.39 is 0 Å². The Morgan fingerprint density at radius 3 is 2.71 bits per heavy atom. The van der Waals surface area contributed by atoms with Gasteiger partial charge in [-0.25, -0.2) is 0 Å². The van der Waals surface area contributed by atoms with Crippen LogP contribution in [0.5, 0.6) is 0 Å². The highest BCUT2D eigenvalue weighted by atomic mass is 14.5. The molecular weight excluding hydrogens is 206 g/mol. The van der Waals surface area contributed by atoms with Crippen molar-refractivity contribution in [3.05, 3.63) is 35.9 Å². The van der Waals surface area contributed by atoms with Crippen LogP contribution in [0.15, 0.2) is 30.3 Å². The van der Waals surface area contributed by atoms with Gasteiger partial charge >= 0.3 is 0 Å². The maximum Gasteiger partial charge on any atom is 0.0850 e. The zero-order valence-corrected chi connectivity index (χ0v) is 10.7. The molecule has 2 atom stereocenters. The van der Waals surface area contributed by atoms with E-state index in [1.807, 2.05) is 6.07 Å². The zero-order valence-electron chi connectivity index (χ0n) is 10.7. The van der Waals surface area contributed by atoms with Crippen LogP contribution >= 0.6 is 0 Å². The smallest absolute Gasteiger partial charge is 0.0850 e. The molecule has 17 heavy (non-hydrogen) atoms. The average Bonchev–Trinajstić information content (AvgIpc) is 2.41. The van der Waals surface area contributed by atoms with E-state index in [4.69, 9.17) is 0 Å². The van der Waals surface area contributed by atoms with E-state index in [1.165, 1.54) is 37.7 Å². The minimum Gasteiger partial charge on any atom is -0.197 e. The van der Waals surface area contributed by atoms with Crippen molar-refractivity contribution in [2.24, 2.45) is 5.92 Å². The molecule has 1 heteroatoms. The van der Waals surface area contributed by atoms with Gasteiger partial charge in [0.1, 0.15) is 0 Å². The lowest BCUT2D eigenvalue weighted by molar-refractivity contribution is 0.226. The summed E-state index contributed by atoms with van der Waals surface area (Å²) in [6.45, 7) is 2.22. The third kappa shape index (κ3) is 2.22. The summed E-state index contributed by atoms with van der Waals surface area (Å²) in [5, 5.41) is 9.74. The number of hydrogen-bond acceptors (Lipinski definition) is 1. The van der Waals surface area contributed by atoms with Crippen molar-refractivity contribution in [2.75, 3.05) is 0 Å². The average molecular weight is 227 g/mol. The third-order valence-electron chi connectivity index (χ3n) is 4.20. The predicted octanol–water partition coefficient (Wildman–Crippen LogP) is 4.44. The maximum atomic E-state index is 9.74. The van der Waals surface area contributed by atoms with E-state index in [9.17, 15) is 5.26 Å². The molecule has 1 aliphatic rings. The van der Waals surface area contributed by atoms with Crippen LogP contribution in [0, 0.1) is 17.2 Å². The van der Waals surface area contributed by atoms with Crippen LogP contribution in [0.1, 0.15) is 51.0 Å². The van der Waals surface area contributed by atoms with Gasteiger partial charge in [0.2, 0.25) is 0 Å². The highest BCUT2D eigenvalue weighted by Gasteiger charge is 2.41. The number of hydrogen-bond donors (Lipinski definition) is 0. The van der Waals surface area contributed by atoms with E-state index in [-0.39, 0.29) is 5.41 Å². The summed E-state index contributed by atoms with van der Waals surface area (Å²) < 4.78 is 0. The van der Waals surface area contributed by atoms with Gasteiger partial charge in [-0.2, -0.15) is 5.26 Å². The van der Waals surface area contributed by atoms with Crippen molar-refractivity contribution >= 4 is 0 Å². The van der Waals surface area contributed by atoms with Crippen LogP contribution < -0.4 is 0 Å². The summed E-state index contributed by atoms with van der Waals surface area (Å²) in [5.74, 6) is 0.550. The Kier molecular flexibility index (Phi) is 3.84. The van der Waals surface area contributed by atoms with Gasteiger partial charge in [-0.05, 0) is 30.7 Å². The van der Waals surface area contributed by atoms with Crippen LogP contribution in [-0.2, 0) is 5.41 Å². The van der Waals surface area contributed by atoms with Gasteiger partial charge < -0.3 is 0 Å². The first-order valence-electron chi connectivity index (χ1n) is 6.80. The second kappa shape index (κ2) is 5.36. The maximum absolute atomic E-state index is 9.74. The summed E-state index contributed by atoms with van der Waals surface area (Å²) >= 11 is 0. The summed E-state index contributed by atoms with van der Waals surface area (Å²) in [7, 11) is 0. The molecule has 0 heterocycles. The van der Waals surface area contributed by atoms with Crippen molar-refractivity contribution < 1.29 is 0 Å². The highest BCUT2D eigenvalue weighted by molar-refractivity contribution is 5.34. The minimum atomic E-state index is -0.213. The van der Waals surface area contributed by atoms with E-state index in [2.05, 4.69) is 37.3 Å². The monoisotopic (exact) mass is 227 g/mol. The molecule has 1 aromatic rings. The molecule has 1 nitrogen and oxygen atoms in total. The summed E-state index contributed by atoms with van der Waals surface area (Å²) in [6, 6.07) is 13.1. The minimum absolute atomic E-state index is 0.213. The Labute approximate surface area is 104 Å². The van der Waals surface area contributed by atoms with E-state index in [0.717, 1.165) is 6.42 Å². The molecule has 1 aliphatic carbocycles. The highest BCUT2D eigenvalue weighted by Crippen LogP contribution is 2.45. The second-order valence-electron chi connectivity index (χ2n) is 5.18. The molecule has 0 aliphatic heterocycles. The molecular formula is C16H21N. The molecule has 0 saturated heterocycles. The first-order chi connectivity index (χ1) is 8.33. The van der Waals surface area contributed by atoms with E-state index in [1.54, 1.807) is 0 Å². The topological polar surface area (TPSA) is 23.8 Å². The largest absolute Gasteiger partial charge is 0.197 e. The zero-order chi connectivity index (χ0) is 12.1. The number of benzene rings is 1. The van der Waals surface area contributed by atoms with Gasteiger partial charge in [-0.1, -0.05) is 56.5 Å². The molecule has 0 spiro atoms. The van der Waals surface area contributed by atoms with Gasteiger partial charge in [-0.3, -0.25) is 0 Å². The van der Waals surface area contributed by atoms with Crippen LogP contribution in [0.4, 0.5) is 0 Å². The number of rotatable bonds is 3. The molecule has 0 N–H and O–H groups in total. The lowest BCUT2D eigenvalue weighted by atomic mass is 9.62. The molecule has 90 valence electrons. The Bertz CT molecular complexity index is 388. The van der Waals surface area contributed by atoms with Crippen LogP contribution in [0.2, 0.25) is 0 Å². The van der Waals surface area contributed by atoms with Crippen LogP contribution in [0.3, 0.4) is 0 Å². The lowest BCUT2D eigenvalue weighted by Crippen LogP contribution is -2.36. The van der Waals surface area contributed by atoms with Crippen LogP contribution in [-0.4, -0.2) is 0 Å². The van der Waals surface area contributed by atoms with Crippen molar-refractivity contribution in [2.45, 2.75) is 50.9 Å². The van der Waals surface area contributed by atoms with Gasteiger partial charge in [0.15, 0.2) is 0 Å². The molecule has 1 saturated carbocycles. The fraction of sp³-hybridized carbons (Fsp3) is 0.562. The SMILES string of the molecule is CCCC1CCCCC1(C#N)c1ccccc1. The first kappa shape index (κ1) is 12.2. The lowest BCUT2D eigenvalue weighted by Gasteiger charge is -2.39. The Morgan fingerprint density at radius 2 is 2.06 bits per heavy atom. The van der Waals surface area contributed by atoms with Crippen molar-refractivity contribution in [3.8, 4) is 6.07 Å². The molecule has 0 radical (unpaired) electrons. The first-order valence-corrected chi connectivity index (χ1v) is 6.80. The molecule has 2 unspecified atom stereocenters. The van der Waals surface area contributed by atoms with E-state index >= 15 is 0 Å². The Balaban J connectivity index is 2.37. The second-order valence-corrected chi connectivity index (χ2v) is 5.18. The van der Waals surface area contributed by atoms with Crippen LogP contribution in [0.25, 0.3) is 0 Å². The molecule has 1 fully saturated rings. The van der Waals surface area contributed by atoms with Gasteiger partial charge in [-0.15, -0.1) is 0 Å². The van der Waals surface area contributed by atoms with Crippen molar-refractivity contribution in [3.63, 3.8) is 0 Å². The number of nitrogens with zero attached hydrogens (tertiary/aromatic N) is 1. The normalized spacial score (nSPS) is 28.6. The molecule has 0 bridgehead atoms. The summed E-state index contributed by atoms with van der Waals surface area (Å²) in [5.41, 5.74) is 1.02. The van der Waals surface area contributed by atoms with Gasteiger partial charge in [0.25, 0.3) is 0 Å². The molecule has 2 rings (SSSR count). The molecule has 0 amide bonds. The quantitative estimate of drug-likeness (QED) is 0.749. The predicted molar refractivity (Wildman–Crippen MR) is 70.6 cm³/mol. The molecule has 0 aromatic heterocycles. The summed E-state index contributed by atoms with van der Waals surface area (Å²) in [6.07, 6.45) is 7.11. The van der Waals surface area contributed by atoms with Crippen molar-refractivity contribution in [1.82, 2.24) is 0 Å². The fourth-order valence-electron chi connectivity index (χ4n) is 3.31. The molecule has 1 aromatic carbocycles. The standard InChI is InChI=1S/C16H21N/c1-2-8-14-11-6-7-12-16(14,13-17)15-9-4-3-5-10-15/h3-5,9-10,14H,2,6-8,11-12H2,1H3. The third-order valence-corrected chi connectivity index (χ3v) is 4.20. The van der Waals surface area contributed by atoms with E-state index in [0.29, 0.717) is 5.92 Å². The number of nitriles is 1. The van der Waals surface area contributed by atoms with Gasteiger partial charge in [0.05, 0.1) is 11.5 Å². The Morgan fingerprint density at radius 1 is 1.29 bits per heavy atom. The fourth-order valence-corrected chi connectivity index (χ4v) is 3.31.